The van der Waals surface area contributed by atoms with Gasteiger partial charge in [0.25, 0.3) is 0 Å². The number of hydrogen-bond donors (Lipinski definition) is 1. The largest absolute Gasteiger partial charge is 0.308 e. The van der Waals surface area contributed by atoms with E-state index in [0.29, 0.717) is 0 Å². The van der Waals surface area contributed by atoms with Crippen LogP contribution in [0.15, 0.2) is 12.4 Å². The highest BCUT2D eigenvalue weighted by Crippen LogP contribution is 2.24. The van der Waals surface area contributed by atoms with Gasteiger partial charge in [0.15, 0.2) is 0 Å². The summed E-state index contributed by atoms with van der Waals surface area (Å²) in [7, 11) is 3.95. The third kappa shape index (κ3) is 3.73. The van der Waals surface area contributed by atoms with Crippen molar-refractivity contribution in [2.75, 3.05) is 0 Å². The van der Waals surface area contributed by atoms with Crippen molar-refractivity contribution < 1.29 is 0 Å². The summed E-state index contributed by atoms with van der Waals surface area (Å²) in [5.41, 5.74) is 4.96. The molecule has 0 amide bonds. The Hall–Kier alpha value is -1.62. The standard InChI is InChI=1S/C16H27N5/c1-7-14-12(10-20(5)18-14)8-17-9-13-11-21(6)19-15(13)16(2,3)4/h10-11,17H,7-9H2,1-6H3. The van der Waals surface area contributed by atoms with Gasteiger partial charge in [-0.2, -0.15) is 10.2 Å². The lowest BCUT2D eigenvalue weighted by Crippen LogP contribution is -2.19. The summed E-state index contributed by atoms with van der Waals surface area (Å²) in [5.74, 6) is 0. The molecule has 0 atom stereocenters. The maximum atomic E-state index is 4.61. The van der Waals surface area contributed by atoms with Crippen molar-refractivity contribution in [1.82, 2.24) is 24.9 Å². The second-order valence-corrected chi connectivity index (χ2v) is 6.66. The van der Waals surface area contributed by atoms with Crippen LogP contribution >= 0.6 is 0 Å². The molecule has 2 aromatic heterocycles. The molecule has 0 saturated heterocycles. The van der Waals surface area contributed by atoms with E-state index in [0.717, 1.165) is 19.5 Å². The molecule has 0 spiro atoms. The third-order valence-electron chi connectivity index (χ3n) is 3.57. The molecule has 0 unspecified atom stereocenters. The Labute approximate surface area is 127 Å². The van der Waals surface area contributed by atoms with Gasteiger partial charge in [-0.25, -0.2) is 0 Å². The highest BCUT2D eigenvalue weighted by Gasteiger charge is 2.21. The van der Waals surface area contributed by atoms with E-state index in [1.807, 2.05) is 23.5 Å². The SMILES string of the molecule is CCc1nn(C)cc1CNCc1cn(C)nc1C(C)(C)C. The fourth-order valence-corrected chi connectivity index (χ4v) is 2.66. The van der Waals surface area contributed by atoms with Crippen molar-refractivity contribution in [3.63, 3.8) is 0 Å². The zero-order chi connectivity index (χ0) is 15.6. The topological polar surface area (TPSA) is 47.7 Å². The van der Waals surface area contributed by atoms with Crippen molar-refractivity contribution in [1.29, 1.82) is 0 Å². The number of nitrogens with zero attached hydrogens (tertiary/aromatic N) is 4. The van der Waals surface area contributed by atoms with Crippen molar-refractivity contribution in [3.8, 4) is 0 Å². The molecule has 0 aliphatic rings. The van der Waals surface area contributed by atoms with Gasteiger partial charge >= 0.3 is 0 Å². The molecule has 0 aliphatic heterocycles. The number of rotatable bonds is 5. The predicted octanol–water partition coefficient (Wildman–Crippen LogP) is 2.30. The first-order chi connectivity index (χ1) is 9.81. The molecule has 5 nitrogen and oxygen atoms in total. The van der Waals surface area contributed by atoms with Crippen LogP contribution < -0.4 is 5.32 Å². The number of hydrogen-bond acceptors (Lipinski definition) is 3. The summed E-state index contributed by atoms with van der Waals surface area (Å²) in [6, 6.07) is 0. The molecule has 0 fully saturated rings. The Bertz CT molecular complexity index is 601. The molecule has 1 N–H and O–H groups in total. The summed E-state index contributed by atoms with van der Waals surface area (Å²) in [4.78, 5) is 0. The first-order valence-electron chi connectivity index (χ1n) is 7.56. The Kier molecular flexibility index (Phi) is 4.52. The van der Waals surface area contributed by atoms with Crippen LogP contribution in [0.4, 0.5) is 0 Å². The Morgan fingerprint density at radius 2 is 1.57 bits per heavy atom. The first-order valence-corrected chi connectivity index (χ1v) is 7.56. The van der Waals surface area contributed by atoms with Crippen molar-refractivity contribution in [3.05, 3.63) is 34.9 Å². The third-order valence-corrected chi connectivity index (χ3v) is 3.57. The zero-order valence-electron chi connectivity index (χ0n) is 14.1. The smallest absolute Gasteiger partial charge is 0.0722 e. The minimum absolute atomic E-state index is 0.0706. The molecule has 0 aromatic carbocycles. The van der Waals surface area contributed by atoms with Gasteiger partial charge in [0, 0.05) is 56.1 Å². The molecule has 0 aliphatic carbocycles. The van der Waals surface area contributed by atoms with E-state index in [1.54, 1.807) is 0 Å². The number of aryl methyl sites for hydroxylation is 3. The fraction of sp³-hybridized carbons (Fsp3) is 0.625. The molecular weight excluding hydrogens is 262 g/mol. The molecule has 5 heteroatoms. The lowest BCUT2D eigenvalue weighted by Gasteiger charge is -2.17. The molecule has 0 bridgehead atoms. The van der Waals surface area contributed by atoms with E-state index in [1.165, 1.54) is 22.5 Å². The predicted molar refractivity (Wildman–Crippen MR) is 85.0 cm³/mol. The van der Waals surface area contributed by atoms with Gasteiger partial charge in [0.05, 0.1) is 11.4 Å². The lowest BCUT2D eigenvalue weighted by atomic mass is 9.89. The van der Waals surface area contributed by atoms with Crippen molar-refractivity contribution in [2.45, 2.75) is 52.6 Å². The molecule has 0 radical (unpaired) electrons. The van der Waals surface area contributed by atoms with Crippen molar-refractivity contribution >= 4 is 0 Å². The van der Waals surface area contributed by atoms with Crippen LogP contribution in [0.3, 0.4) is 0 Å². The van der Waals surface area contributed by atoms with Gasteiger partial charge in [-0.1, -0.05) is 27.7 Å². The molecule has 21 heavy (non-hydrogen) atoms. The van der Waals surface area contributed by atoms with E-state index in [4.69, 9.17) is 0 Å². The minimum atomic E-state index is 0.0706. The zero-order valence-corrected chi connectivity index (χ0v) is 14.1. The van der Waals surface area contributed by atoms with Gasteiger partial charge in [0.1, 0.15) is 0 Å². The molecule has 116 valence electrons. The second kappa shape index (κ2) is 6.02. The van der Waals surface area contributed by atoms with Gasteiger partial charge in [-0.15, -0.1) is 0 Å². The second-order valence-electron chi connectivity index (χ2n) is 6.66. The lowest BCUT2D eigenvalue weighted by molar-refractivity contribution is 0.543. The molecule has 0 saturated carbocycles. The number of nitrogens with one attached hydrogen (secondary N) is 1. The summed E-state index contributed by atoms with van der Waals surface area (Å²) >= 11 is 0. The summed E-state index contributed by atoms with van der Waals surface area (Å²) in [5, 5.41) is 12.6. The number of aromatic nitrogens is 4. The van der Waals surface area contributed by atoms with Gasteiger partial charge in [0.2, 0.25) is 0 Å². The Morgan fingerprint density at radius 3 is 2.19 bits per heavy atom. The maximum Gasteiger partial charge on any atom is 0.0722 e. The van der Waals surface area contributed by atoms with Crippen molar-refractivity contribution in [2.24, 2.45) is 14.1 Å². The van der Waals surface area contributed by atoms with Gasteiger partial charge in [-0.3, -0.25) is 9.36 Å². The average molecular weight is 289 g/mol. The van der Waals surface area contributed by atoms with E-state index in [9.17, 15) is 0 Å². The highest BCUT2D eigenvalue weighted by atomic mass is 15.3. The molecule has 2 rings (SSSR count). The van der Waals surface area contributed by atoms with Gasteiger partial charge < -0.3 is 5.32 Å². The van der Waals surface area contributed by atoms with Crippen LogP contribution in [0.2, 0.25) is 0 Å². The van der Waals surface area contributed by atoms with Crippen LogP contribution in [0.1, 0.15) is 50.2 Å². The molecular formula is C16H27N5. The quantitative estimate of drug-likeness (QED) is 0.919. The average Bonchev–Trinajstić information content (AvgIpc) is 2.92. The highest BCUT2D eigenvalue weighted by molar-refractivity contribution is 5.24. The summed E-state index contributed by atoms with van der Waals surface area (Å²) in [6.45, 7) is 10.4. The monoisotopic (exact) mass is 289 g/mol. The maximum absolute atomic E-state index is 4.61. The molecule has 2 heterocycles. The van der Waals surface area contributed by atoms with E-state index < -0.39 is 0 Å². The van der Waals surface area contributed by atoms with Crippen LogP contribution in [0.5, 0.6) is 0 Å². The minimum Gasteiger partial charge on any atom is -0.308 e. The van der Waals surface area contributed by atoms with Crippen LogP contribution in [-0.2, 0) is 39.0 Å². The van der Waals surface area contributed by atoms with E-state index in [-0.39, 0.29) is 5.41 Å². The van der Waals surface area contributed by atoms with Gasteiger partial charge in [-0.05, 0) is 6.42 Å². The van der Waals surface area contributed by atoms with Crippen LogP contribution in [0.25, 0.3) is 0 Å². The summed E-state index contributed by atoms with van der Waals surface area (Å²) in [6.07, 6.45) is 5.18. The molecule has 2 aromatic rings. The Balaban J connectivity index is 2.04. The summed E-state index contributed by atoms with van der Waals surface area (Å²) < 4.78 is 3.79. The normalized spacial score (nSPS) is 12.1. The fourth-order valence-electron chi connectivity index (χ4n) is 2.66. The van der Waals surface area contributed by atoms with Crippen LogP contribution in [0, 0.1) is 0 Å². The van der Waals surface area contributed by atoms with E-state index >= 15 is 0 Å². The van der Waals surface area contributed by atoms with Crippen LogP contribution in [-0.4, -0.2) is 19.6 Å². The Morgan fingerprint density at radius 1 is 1.00 bits per heavy atom. The first kappa shape index (κ1) is 15.8. The van der Waals surface area contributed by atoms with E-state index in [2.05, 4.69) is 55.6 Å².